The zero-order valence-electron chi connectivity index (χ0n) is 16.5. The number of hydrogen-bond acceptors (Lipinski definition) is 4. The molecule has 0 bridgehead atoms. The van der Waals surface area contributed by atoms with Gasteiger partial charge in [-0.1, -0.05) is 13.8 Å². The van der Waals surface area contributed by atoms with Gasteiger partial charge in [-0.15, -0.1) is 24.0 Å². The second kappa shape index (κ2) is 12.6. The lowest BCUT2D eigenvalue weighted by atomic mass is 10.1. The third-order valence-electron chi connectivity index (χ3n) is 5.13. The molecular formula is C18H38IN5S. The number of aliphatic imine (C=N–C) groups is 1. The fraction of sp³-hybridized carbons (Fsp3) is 0.944. The number of hydrogen-bond donors (Lipinski definition) is 1. The van der Waals surface area contributed by atoms with Crippen LogP contribution in [0.3, 0.4) is 0 Å². The predicted molar refractivity (Wildman–Crippen MR) is 123 cm³/mol. The van der Waals surface area contributed by atoms with Crippen LogP contribution >= 0.6 is 35.7 Å². The molecule has 0 aromatic carbocycles. The first-order valence-electron chi connectivity index (χ1n) is 9.58. The summed E-state index contributed by atoms with van der Waals surface area (Å²) in [7, 11) is 4.13. The number of halogens is 1. The molecule has 0 spiro atoms. The Hall–Kier alpha value is 0.270. The van der Waals surface area contributed by atoms with Gasteiger partial charge in [-0.25, -0.2) is 0 Å². The van der Waals surface area contributed by atoms with Gasteiger partial charge < -0.3 is 20.0 Å². The number of guanidine groups is 1. The molecule has 0 aromatic heterocycles. The van der Waals surface area contributed by atoms with E-state index in [1.54, 1.807) is 0 Å². The van der Waals surface area contributed by atoms with Gasteiger partial charge in [0.1, 0.15) is 0 Å². The number of likely N-dealkylation sites (N-methyl/N-ethyl adjacent to an activating group) is 1. The van der Waals surface area contributed by atoms with Crippen LogP contribution in [0.5, 0.6) is 0 Å². The van der Waals surface area contributed by atoms with Gasteiger partial charge in [-0.2, -0.15) is 11.8 Å². The van der Waals surface area contributed by atoms with Crippen molar-refractivity contribution in [2.45, 2.75) is 31.9 Å². The molecule has 2 aliphatic heterocycles. The van der Waals surface area contributed by atoms with Crippen molar-refractivity contribution in [2.75, 3.05) is 72.2 Å². The van der Waals surface area contributed by atoms with Crippen molar-refractivity contribution < 1.29 is 0 Å². The molecule has 2 heterocycles. The van der Waals surface area contributed by atoms with Gasteiger partial charge in [0, 0.05) is 63.9 Å². The molecule has 5 nitrogen and oxygen atoms in total. The maximum atomic E-state index is 4.51. The molecule has 0 aliphatic carbocycles. The van der Waals surface area contributed by atoms with Crippen molar-refractivity contribution in [1.82, 2.24) is 20.0 Å². The minimum Gasteiger partial charge on any atom is -0.356 e. The lowest BCUT2D eigenvalue weighted by molar-refractivity contribution is 0.152. The molecule has 1 N–H and O–H groups in total. The van der Waals surface area contributed by atoms with Crippen LogP contribution in [0.2, 0.25) is 0 Å². The Morgan fingerprint density at radius 2 is 1.88 bits per heavy atom. The lowest BCUT2D eigenvalue weighted by Crippen LogP contribution is -2.49. The van der Waals surface area contributed by atoms with E-state index in [-0.39, 0.29) is 24.0 Å². The summed E-state index contributed by atoms with van der Waals surface area (Å²) in [6.45, 7) is 14.1. The molecule has 2 rings (SSSR count). The van der Waals surface area contributed by atoms with E-state index in [9.17, 15) is 0 Å². The lowest BCUT2D eigenvalue weighted by Gasteiger charge is -2.36. The van der Waals surface area contributed by atoms with E-state index in [4.69, 9.17) is 0 Å². The number of piperazine rings is 1. The second-order valence-corrected chi connectivity index (χ2v) is 8.77. The van der Waals surface area contributed by atoms with Crippen molar-refractivity contribution in [3.05, 3.63) is 0 Å². The summed E-state index contributed by atoms with van der Waals surface area (Å²) >= 11 is 2.12. The molecular weight excluding hydrogens is 445 g/mol. The van der Waals surface area contributed by atoms with E-state index in [0.29, 0.717) is 0 Å². The molecule has 1 unspecified atom stereocenters. The average Bonchev–Trinajstić information content (AvgIpc) is 2.60. The Morgan fingerprint density at radius 1 is 1.16 bits per heavy atom. The largest absolute Gasteiger partial charge is 0.356 e. The zero-order valence-corrected chi connectivity index (χ0v) is 19.7. The van der Waals surface area contributed by atoms with Crippen molar-refractivity contribution in [2.24, 2.45) is 10.9 Å². The maximum absolute atomic E-state index is 4.51. The molecule has 2 saturated heterocycles. The van der Waals surface area contributed by atoms with Crippen LogP contribution in [0.15, 0.2) is 4.99 Å². The smallest absolute Gasteiger partial charge is 0.193 e. The summed E-state index contributed by atoms with van der Waals surface area (Å²) < 4.78 is 0. The molecule has 1 atom stereocenters. The predicted octanol–water partition coefficient (Wildman–Crippen LogP) is 2.28. The number of nitrogens with zero attached hydrogens (tertiary/aromatic N) is 4. The van der Waals surface area contributed by atoms with Crippen LogP contribution in [0.1, 0.15) is 26.7 Å². The molecule has 7 heteroatoms. The van der Waals surface area contributed by atoms with Crippen molar-refractivity contribution in [3.8, 4) is 0 Å². The Kier molecular flexibility index (Phi) is 11.8. The Morgan fingerprint density at radius 3 is 2.52 bits per heavy atom. The Bertz CT molecular complexity index is 386. The van der Waals surface area contributed by atoms with Gasteiger partial charge in [0.25, 0.3) is 0 Å². The first-order chi connectivity index (χ1) is 11.6. The third kappa shape index (κ3) is 8.22. The fourth-order valence-corrected chi connectivity index (χ4v) is 4.63. The van der Waals surface area contributed by atoms with Crippen LogP contribution < -0.4 is 5.32 Å². The molecule has 148 valence electrons. The molecule has 0 aromatic rings. The van der Waals surface area contributed by atoms with Gasteiger partial charge in [-0.05, 0) is 32.4 Å². The van der Waals surface area contributed by atoms with E-state index in [2.05, 4.69) is 57.7 Å². The monoisotopic (exact) mass is 483 g/mol. The minimum atomic E-state index is 0. The van der Waals surface area contributed by atoms with Crippen LogP contribution in [-0.2, 0) is 0 Å². The quantitative estimate of drug-likeness (QED) is 0.272. The topological polar surface area (TPSA) is 34.1 Å². The molecule has 2 fully saturated rings. The standard InChI is InChI=1S/C18H37N5S.HI/c1-16(2)17-15-23(13-14-24-17)18(19-3)20-7-5-6-8-22-11-9-21(4)10-12-22;/h16-17H,5-15H2,1-4H3,(H,19,20);1H. The SMILES string of the molecule is CN=C(NCCCCN1CCN(C)CC1)N1CCSC(C(C)C)C1.I. The second-order valence-electron chi connectivity index (χ2n) is 7.43. The van der Waals surface area contributed by atoms with Crippen molar-refractivity contribution in [3.63, 3.8) is 0 Å². The highest BCUT2D eigenvalue weighted by Crippen LogP contribution is 2.24. The summed E-state index contributed by atoms with van der Waals surface area (Å²) in [5, 5.41) is 4.31. The fourth-order valence-electron chi connectivity index (χ4n) is 3.34. The van der Waals surface area contributed by atoms with E-state index < -0.39 is 0 Å². The van der Waals surface area contributed by atoms with Crippen LogP contribution in [0.25, 0.3) is 0 Å². The van der Waals surface area contributed by atoms with Gasteiger partial charge in [-0.3, -0.25) is 4.99 Å². The zero-order chi connectivity index (χ0) is 17.4. The summed E-state index contributed by atoms with van der Waals surface area (Å²) in [6, 6.07) is 0. The normalized spacial score (nSPS) is 23.6. The van der Waals surface area contributed by atoms with Gasteiger partial charge in [0.05, 0.1) is 0 Å². The van der Waals surface area contributed by atoms with E-state index >= 15 is 0 Å². The summed E-state index contributed by atoms with van der Waals surface area (Å²) in [5.74, 6) is 3.05. The third-order valence-corrected chi connectivity index (χ3v) is 6.67. The molecule has 0 amide bonds. The Balaban J connectivity index is 0.00000312. The van der Waals surface area contributed by atoms with Crippen LogP contribution in [0.4, 0.5) is 0 Å². The average molecular weight is 484 g/mol. The van der Waals surface area contributed by atoms with Crippen LogP contribution in [0, 0.1) is 5.92 Å². The highest BCUT2D eigenvalue weighted by Gasteiger charge is 2.24. The maximum Gasteiger partial charge on any atom is 0.193 e. The van der Waals surface area contributed by atoms with E-state index in [1.807, 2.05) is 7.05 Å². The van der Waals surface area contributed by atoms with Gasteiger partial charge >= 0.3 is 0 Å². The number of unbranched alkanes of at least 4 members (excludes halogenated alkanes) is 1. The van der Waals surface area contributed by atoms with E-state index in [0.717, 1.165) is 36.8 Å². The van der Waals surface area contributed by atoms with Crippen molar-refractivity contribution >= 4 is 41.7 Å². The summed E-state index contributed by atoms with van der Waals surface area (Å²) in [4.78, 5) is 12.0. The van der Waals surface area contributed by atoms with Gasteiger partial charge in [0.15, 0.2) is 5.96 Å². The highest BCUT2D eigenvalue weighted by atomic mass is 127. The molecule has 2 aliphatic rings. The Labute approximate surface area is 176 Å². The minimum absolute atomic E-state index is 0. The van der Waals surface area contributed by atoms with Crippen LogP contribution in [-0.4, -0.2) is 98.1 Å². The number of thioether (sulfide) groups is 1. The number of nitrogens with one attached hydrogen (secondary N) is 1. The van der Waals surface area contributed by atoms with Gasteiger partial charge in [0.2, 0.25) is 0 Å². The first kappa shape index (κ1) is 23.3. The van der Waals surface area contributed by atoms with Crippen molar-refractivity contribution in [1.29, 1.82) is 0 Å². The first-order valence-corrected chi connectivity index (χ1v) is 10.6. The molecule has 0 radical (unpaired) electrons. The highest BCUT2D eigenvalue weighted by molar-refractivity contribution is 14.0. The summed E-state index contributed by atoms with van der Waals surface area (Å²) in [5.41, 5.74) is 0. The molecule has 0 saturated carbocycles. The molecule has 25 heavy (non-hydrogen) atoms. The summed E-state index contributed by atoms with van der Waals surface area (Å²) in [6.07, 6.45) is 2.50. The van der Waals surface area contributed by atoms with E-state index in [1.165, 1.54) is 51.3 Å². The number of rotatable bonds is 6.